The maximum Gasteiger partial charge on any atom is 0.235 e. The van der Waals surface area contributed by atoms with E-state index in [9.17, 15) is 4.79 Å². The van der Waals surface area contributed by atoms with Gasteiger partial charge in [-0.3, -0.25) is 4.79 Å². The third kappa shape index (κ3) is 2.06. The summed E-state index contributed by atoms with van der Waals surface area (Å²) in [6.45, 7) is 0. The first-order valence-electron chi connectivity index (χ1n) is 3.92. The molecule has 2 aromatic heterocycles. The molecule has 0 bridgehead atoms. The number of carbonyl (C=O) groups is 1. The van der Waals surface area contributed by atoms with Gasteiger partial charge in [-0.2, -0.15) is 4.68 Å². The van der Waals surface area contributed by atoms with Crippen LogP contribution >= 0.6 is 46.1 Å². The fourth-order valence-electron chi connectivity index (χ4n) is 1.09. The molecule has 0 N–H and O–H groups in total. The number of aromatic nitrogens is 4. The van der Waals surface area contributed by atoms with Crippen molar-refractivity contribution in [2.45, 2.75) is 3.79 Å². The van der Waals surface area contributed by atoms with E-state index in [1.165, 1.54) is 16.0 Å². The third-order valence-electron chi connectivity index (χ3n) is 1.68. The number of rotatable bonds is 2. The Morgan fingerprint density at radius 3 is 2.69 bits per heavy atom. The zero-order valence-electron chi connectivity index (χ0n) is 7.47. The van der Waals surface area contributed by atoms with Crippen molar-refractivity contribution in [1.82, 2.24) is 20.0 Å². The second kappa shape index (κ2) is 4.29. The minimum atomic E-state index is -1.79. The van der Waals surface area contributed by atoms with Gasteiger partial charge in [-0.05, 0) is 0 Å². The molecule has 0 amide bonds. The first-order valence-corrected chi connectivity index (χ1v) is 5.93. The molecule has 0 saturated heterocycles. The van der Waals surface area contributed by atoms with Crippen molar-refractivity contribution < 1.29 is 4.79 Å². The van der Waals surface area contributed by atoms with Crippen LogP contribution in [0.2, 0.25) is 0 Å². The van der Waals surface area contributed by atoms with Crippen molar-refractivity contribution in [2.75, 3.05) is 0 Å². The fraction of sp³-hybridized carbons (Fsp3) is 0.143. The first-order chi connectivity index (χ1) is 7.54. The van der Waals surface area contributed by atoms with E-state index in [0.717, 1.165) is 0 Å². The van der Waals surface area contributed by atoms with Gasteiger partial charge in [-0.15, -0.1) is 16.4 Å². The lowest BCUT2D eigenvalue weighted by Crippen LogP contribution is -2.12. The number of alkyl halides is 3. The molecule has 0 radical (unpaired) electrons. The van der Waals surface area contributed by atoms with Gasteiger partial charge in [0.1, 0.15) is 5.69 Å². The number of hydrogen-bond donors (Lipinski definition) is 0. The van der Waals surface area contributed by atoms with E-state index in [2.05, 4.69) is 15.3 Å². The zero-order chi connectivity index (χ0) is 11.8. The number of nitrogens with zero attached hydrogens (tertiary/aromatic N) is 4. The Kier molecular flexibility index (Phi) is 3.16. The number of halogens is 3. The highest BCUT2D eigenvalue weighted by Crippen LogP contribution is 2.40. The van der Waals surface area contributed by atoms with Crippen LogP contribution < -0.4 is 0 Å². The van der Waals surface area contributed by atoms with E-state index >= 15 is 0 Å². The van der Waals surface area contributed by atoms with Gasteiger partial charge in [0.25, 0.3) is 0 Å². The molecule has 0 aliphatic rings. The molecule has 0 spiro atoms. The average molecular weight is 298 g/mol. The minimum Gasteiger partial charge on any atom is -0.296 e. The molecule has 0 fully saturated rings. The fourth-order valence-corrected chi connectivity index (χ4v) is 2.22. The van der Waals surface area contributed by atoms with Crippen LogP contribution in [0.15, 0.2) is 11.6 Å². The zero-order valence-corrected chi connectivity index (χ0v) is 10.6. The van der Waals surface area contributed by atoms with E-state index in [1.807, 2.05) is 0 Å². The van der Waals surface area contributed by atoms with Crippen LogP contribution in [0.3, 0.4) is 0 Å². The van der Waals surface area contributed by atoms with Gasteiger partial charge in [0.15, 0.2) is 12.0 Å². The summed E-state index contributed by atoms with van der Waals surface area (Å²) in [4.78, 5) is 14.7. The standard InChI is InChI=1S/C7H3Cl3N4OS/c8-7(9,10)5-4(3-15)12-13-14(5)6-11-1-2-16-6/h1-3H. The van der Waals surface area contributed by atoms with Crippen LogP contribution in [0.4, 0.5) is 0 Å². The van der Waals surface area contributed by atoms with E-state index in [4.69, 9.17) is 34.8 Å². The highest BCUT2D eigenvalue weighted by Gasteiger charge is 2.33. The number of hydrogen-bond acceptors (Lipinski definition) is 5. The van der Waals surface area contributed by atoms with Gasteiger partial charge < -0.3 is 0 Å². The molecule has 5 nitrogen and oxygen atoms in total. The highest BCUT2D eigenvalue weighted by atomic mass is 35.6. The third-order valence-corrected chi connectivity index (χ3v) is 2.96. The van der Waals surface area contributed by atoms with Crippen molar-refractivity contribution in [2.24, 2.45) is 0 Å². The minimum absolute atomic E-state index is 0.0183. The van der Waals surface area contributed by atoms with Crippen molar-refractivity contribution >= 4 is 52.4 Å². The maximum absolute atomic E-state index is 10.7. The normalized spacial score (nSPS) is 11.7. The topological polar surface area (TPSA) is 60.7 Å². The Hall–Kier alpha value is -0.690. The predicted octanol–water partition coefficient (Wildman–Crippen LogP) is 2.36. The monoisotopic (exact) mass is 296 g/mol. The smallest absolute Gasteiger partial charge is 0.235 e. The second-order valence-corrected chi connectivity index (χ2v) is 5.82. The average Bonchev–Trinajstić information content (AvgIpc) is 2.84. The molecule has 0 aliphatic heterocycles. The summed E-state index contributed by atoms with van der Waals surface area (Å²) < 4.78 is -0.549. The molecule has 2 aromatic rings. The van der Waals surface area contributed by atoms with E-state index in [1.54, 1.807) is 11.6 Å². The van der Waals surface area contributed by atoms with Crippen LogP contribution in [-0.4, -0.2) is 26.3 Å². The molecule has 0 unspecified atom stereocenters. The first kappa shape index (κ1) is 11.8. The van der Waals surface area contributed by atoms with Crippen molar-refractivity contribution in [3.8, 4) is 5.13 Å². The van der Waals surface area contributed by atoms with Gasteiger partial charge >= 0.3 is 0 Å². The largest absolute Gasteiger partial charge is 0.296 e. The molecule has 0 atom stereocenters. The summed E-state index contributed by atoms with van der Waals surface area (Å²) in [5.41, 5.74) is 0.0673. The number of thiazole rings is 1. The lowest BCUT2D eigenvalue weighted by Gasteiger charge is -2.11. The Labute approximate surface area is 109 Å². The molecule has 16 heavy (non-hydrogen) atoms. The van der Waals surface area contributed by atoms with Crippen LogP contribution in [0.25, 0.3) is 5.13 Å². The van der Waals surface area contributed by atoms with Gasteiger partial charge in [0.2, 0.25) is 8.92 Å². The van der Waals surface area contributed by atoms with Crippen molar-refractivity contribution in [3.63, 3.8) is 0 Å². The van der Waals surface area contributed by atoms with Crippen LogP contribution in [0, 0.1) is 0 Å². The van der Waals surface area contributed by atoms with Crippen LogP contribution in [0.5, 0.6) is 0 Å². The highest BCUT2D eigenvalue weighted by molar-refractivity contribution is 7.12. The molecule has 2 heterocycles. The maximum atomic E-state index is 10.7. The molecular weight excluding hydrogens is 295 g/mol. The van der Waals surface area contributed by atoms with Gasteiger partial charge in [0, 0.05) is 11.6 Å². The lowest BCUT2D eigenvalue weighted by atomic mass is 10.3. The number of aldehydes is 1. The SMILES string of the molecule is O=Cc1nnn(-c2nccs2)c1C(Cl)(Cl)Cl. The molecule has 0 aliphatic carbocycles. The van der Waals surface area contributed by atoms with Gasteiger partial charge in [-0.25, -0.2) is 4.98 Å². The summed E-state index contributed by atoms with van der Waals surface area (Å²) in [5.74, 6) is 0. The predicted molar refractivity (Wildman–Crippen MR) is 61.7 cm³/mol. The van der Waals surface area contributed by atoms with Crippen molar-refractivity contribution in [3.05, 3.63) is 23.0 Å². The Morgan fingerprint density at radius 2 is 2.19 bits per heavy atom. The van der Waals surface area contributed by atoms with Gasteiger partial charge in [0.05, 0.1) is 0 Å². The Balaban J connectivity index is 2.64. The Bertz CT molecular complexity index is 504. The summed E-state index contributed by atoms with van der Waals surface area (Å²) in [6, 6.07) is 0. The quantitative estimate of drug-likeness (QED) is 0.630. The molecule has 2 rings (SSSR count). The number of carbonyl (C=O) groups excluding carboxylic acids is 1. The molecule has 9 heteroatoms. The molecule has 84 valence electrons. The summed E-state index contributed by atoms with van der Waals surface area (Å²) >= 11 is 18.5. The van der Waals surface area contributed by atoms with Crippen LogP contribution in [-0.2, 0) is 3.79 Å². The van der Waals surface area contributed by atoms with E-state index in [0.29, 0.717) is 11.4 Å². The molecule has 0 aromatic carbocycles. The second-order valence-electron chi connectivity index (χ2n) is 2.67. The molecule has 0 saturated carbocycles. The van der Waals surface area contributed by atoms with Crippen LogP contribution in [0.1, 0.15) is 16.2 Å². The Morgan fingerprint density at radius 1 is 1.44 bits per heavy atom. The molecular formula is C7H3Cl3N4OS. The lowest BCUT2D eigenvalue weighted by molar-refractivity contribution is 0.111. The van der Waals surface area contributed by atoms with Crippen molar-refractivity contribution in [1.29, 1.82) is 0 Å². The van der Waals surface area contributed by atoms with E-state index < -0.39 is 3.79 Å². The summed E-state index contributed by atoms with van der Waals surface area (Å²) in [7, 11) is 0. The summed E-state index contributed by atoms with van der Waals surface area (Å²) in [6.07, 6.45) is 2.05. The van der Waals surface area contributed by atoms with E-state index in [-0.39, 0.29) is 11.4 Å². The van der Waals surface area contributed by atoms with Gasteiger partial charge in [-0.1, -0.05) is 40.0 Å². The summed E-state index contributed by atoms with van der Waals surface area (Å²) in [5, 5.41) is 9.55.